The molecule has 0 aromatic rings. The van der Waals surface area contributed by atoms with E-state index in [1.165, 1.54) is 0 Å². The van der Waals surface area contributed by atoms with Crippen LogP contribution in [0.2, 0.25) is 0 Å². The van der Waals surface area contributed by atoms with Crippen LogP contribution >= 0.6 is 0 Å². The van der Waals surface area contributed by atoms with Gasteiger partial charge in [-0.25, -0.2) is 0 Å². The Balaban J connectivity index is 0. The first-order valence-corrected chi connectivity index (χ1v) is 7.82. The number of rotatable bonds is 2. The minimum atomic E-state index is -1.91. The summed E-state index contributed by atoms with van der Waals surface area (Å²) < 4.78 is 31.2. The van der Waals surface area contributed by atoms with Gasteiger partial charge in [-0.05, 0) is 0 Å². The van der Waals surface area contributed by atoms with E-state index in [-0.39, 0.29) is 18.3 Å². The molecule has 7 heteroatoms. The molecule has 0 aromatic carbocycles. The Labute approximate surface area is 74.1 Å². The molecule has 0 rings (SSSR count). The van der Waals surface area contributed by atoms with Crippen LogP contribution in [0.1, 0.15) is 0 Å². The van der Waals surface area contributed by atoms with Crippen molar-refractivity contribution in [2.24, 2.45) is 0 Å². The summed E-state index contributed by atoms with van der Waals surface area (Å²) in [6.07, 6.45) is 0. The van der Waals surface area contributed by atoms with Crippen LogP contribution in [0.5, 0.6) is 0 Å². The van der Waals surface area contributed by atoms with Gasteiger partial charge in [0, 0.05) is 0 Å². The van der Waals surface area contributed by atoms with E-state index in [0.717, 1.165) is 0 Å². The molecule has 0 aliphatic rings. The fraction of sp³-hybridized carbons (Fsp3) is 0. The molecule has 0 aliphatic carbocycles. The van der Waals surface area contributed by atoms with Crippen molar-refractivity contribution >= 4 is 46.7 Å². The fourth-order valence-corrected chi connectivity index (χ4v) is 1.02. The second-order valence-corrected chi connectivity index (χ2v) is 7.41. The van der Waals surface area contributed by atoms with Crippen LogP contribution in [0.4, 0.5) is 0 Å². The molecule has 32 valence electrons. The third-order valence-corrected chi connectivity index (χ3v) is 5.00. The first-order chi connectivity index (χ1) is 3.41. The van der Waals surface area contributed by atoms with Crippen molar-refractivity contribution in [2.75, 3.05) is 0 Å². The quantitative estimate of drug-likeness (QED) is 0.582. The summed E-state index contributed by atoms with van der Waals surface area (Å²) in [4.78, 5) is 0. The van der Waals surface area contributed by atoms with Crippen molar-refractivity contribution in [3.8, 4) is 0 Å². The normalized spacial score (nSPS) is 3.71. The molecular weight excluding hydrogens is 359 g/mol. The van der Waals surface area contributed by atoms with Gasteiger partial charge in [-0.15, -0.1) is 0 Å². The van der Waals surface area contributed by atoms with Gasteiger partial charge in [0.05, 0.1) is 0 Å². The van der Waals surface area contributed by atoms with Gasteiger partial charge in [0.2, 0.25) is 0 Å². The second-order valence-electron chi connectivity index (χ2n) is 0.329. The fourth-order valence-electron chi connectivity index (χ4n) is 0.0227. The number of hydrogen-bond donors (Lipinski definition) is 0. The van der Waals surface area contributed by atoms with E-state index in [1.807, 2.05) is 0 Å². The van der Waals surface area contributed by atoms with Crippen molar-refractivity contribution in [2.45, 2.75) is 0 Å². The molecule has 0 heterocycles. The summed E-state index contributed by atoms with van der Waals surface area (Å²) in [6, 6.07) is 0. The Hall–Kier alpha value is 1.56. The Morgan fingerprint density at radius 3 is 1.43 bits per heavy atom. The van der Waals surface area contributed by atoms with Crippen molar-refractivity contribution in [3.05, 3.63) is 0 Å². The monoisotopic (exact) mass is 358 g/mol. The SMILES string of the molecule is [O]=[In][O][In]=[O].[O]=[Zn]. The topological polar surface area (TPSA) is 60.4 Å². The van der Waals surface area contributed by atoms with Crippen LogP contribution in [-0.4, -0.2) is 46.7 Å². The standard InChI is InChI=1S/2In.4O.Zn. The summed E-state index contributed by atoms with van der Waals surface area (Å²) in [5, 5.41) is 0. The van der Waals surface area contributed by atoms with Crippen LogP contribution in [0.25, 0.3) is 0 Å². The predicted octanol–water partition coefficient (Wildman–Crippen LogP) is -1.19. The van der Waals surface area contributed by atoms with Crippen molar-refractivity contribution in [1.29, 1.82) is 0 Å². The van der Waals surface area contributed by atoms with E-state index < -0.39 is 46.7 Å². The van der Waals surface area contributed by atoms with Gasteiger partial charge in [0.15, 0.2) is 0 Å². The molecule has 0 unspecified atom stereocenters. The molecule has 0 N–H and O–H groups in total. The molecule has 0 bridgehead atoms. The van der Waals surface area contributed by atoms with Crippen LogP contribution < -0.4 is 0 Å². The third-order valence-electron chi connectivity index (χ3n) is 0.111. The maximum atomic E-state index is 9.35. The molecule has 0 amide bonds. The summed E-state index contributed by atoms with van der Waals surface area (Å²) in [5.74, 6) is 0. The Kier molecular flexibility index (Phi) is 25.4. The van der Waals surface area contributed by atoms with Crippen molar-refractivity contribution in [1.82, 2.24) is 0 Å². The van der Waals surface area contributed by atoms with Crippen LogP contribution in [0.15, 0.2) is 0 Å². The first kappa shape index (κ1) is 11.4. The molecule has 0 atom stereocenters. The average Bonchev–Trinajstić information content (AvgIpc) is 1.75. The van der Waals surface area contributed by atoms with E-state index in [9.17, 15) is 5.71 Å². The summed E-state index contributed by atoms with van der Waals surface area (Å²) in [7, 11) is 0. The molecule has 4 nitrogen and oxygen atoms in total. The minimum absolute atomic E-state index is 0.125. The van der Waals surface area contributed by atoms with Gasteiger partial charge in [0.1, 0.15) is 0 Å². The molecular formula is In2O4Zn. The van der Waals surface area contributed by atoms with Gasteiger partial charge >= 0.3 is 75.2 Å². The molecule has 0 fully saturated rings. The van der Waals surface area contributed by atoms with Crippen LogP contribution in [0.3, 0.4) is 0 Å². The second kappa shape index (κ2) is 15.6. The van der Waals surface area contributed by atoms with E-state index >= 15 is 0 Å². The van der Waals surface area contributed by atoms with Gasteiger partial charge in [-0.1, -0.05) is 0 Å². The van der Waals surface area contributed by atoms with E-state index in [1.54, 1.807) is 0 Å². The van der Waals surface area contributed by atoms with E-state index in [4.69, 9.17) is 3.57 Å². The molecule has 7 heavy (non-hydrogen) atoms. The van der Waals surface area contributed by atoms with Gasteiger partial charge in [-0.3, -0.25) is 0 Å². The maximum absolute atomic E-state index is 9.35. The van der Waals surface area contributed by atoms with Crippen molar-refractivity contribution in [3.63, 3.8) is 0 Å². The summed E-state index contributed by atoms with van der Waals surface area (Å²) in [5.41, 5.74) is 0. The Morgan fingerprint density at radius 2 is 1.43 bits per heavy atom. The first-order valence-electron chi connectivity index (χ1n) is 1.23. The zero-order valence-electron chi connectivity index (χ0n) is 3.49. The van der Waals surface area contributed by atoms with Gasteiger partial charge < -0.3 is 0 Å². The van der Waals surface area contributed by atoms with E-state index in [0.29, 0.717) is 0 Å². The Bertz CT molecular complexity index is 47.7. The van der Waals surface area contributed by atoms with E-state index in [2.05, 4.69) is 0.972 Å². The third kappa shape index (κ3) is 18.4. The predicted molar refractivity (Wildman–Crippen MR) is 14.7 cm³/mol. The molecule has 0 aromatic heterocycles. The van der Waals surface area contributed by atoms with Crippen LogP contribution in [-0.2, 0) is 28.5 Å². The van der Waals surface area contributed by atoms with Crippen LogP contribution in [0, 0.1) is 0 Å². The zero-order valence-corrected chi connectivity index (χ0v) is 13.1. The average molecular weight is 359 g/mol. The summed E-state index contributed by atoms with van der Waals surface area (Å²) in [6.45, 7) is 0. The molecule has 0 saturated carbocycles. The summed E-state index contributed by atoms with van der Waals surface area (Å²) >= 11 is -3.69. The zero-order chi connectivity index (χ0) is 6.12. The van der Waals surface area contributed by atoms with Gasteiger partial charge in [0.25, 0.3) is 0 Å². The molecule has 0 spiro atoms. The van der Waals surface area contributed by atoms with Crippen molar-refractivity contribution < 1.29 is 28.5 Å². The Morgan fingerprint density at radius 1 is 1.14 bits per heavy atom. The number of hydrogen-bond acceptors (Lipinski definition) is 4. The molecule has 0 saturated heterocycles. The molecule has 0 radical (unpaired) electrons. The van der Waals surface area contributed by atoms with Gasteiger partial charge in [-0.2, -0.15) is 0 Å². The molecule has 0 aliphatic heterocycles.